The molecule has 0 spiro atoms. The number of hydrogen-bond acceptors (Lipinski definition) is 5. The number of ether oxygens (including phenoxy) is 1. The topological polar surface area (TPSA) is 75.9 Å². The van der Waals surface area contributed by atoms with Gasteiger partial charge in [-0.25, -0.2) is 19.2 Å². The predicted molar refractivity (Wildman–Crippen MR) is 102 cm³/mol. The van der Waals surface area contributed by atoms with Gasteiger partial charge in [-0.1, -0.05) is 25.5 Å². The first kappa shape index (κ1) is 19.2. The Labute approximate surface area is 162 Å². The molecular formula is C22H18FN3O2. The van der Waals surface area contributed by atoms with Gasteiger partial charge in [-0.05, 0) is 42.7 Å². The molecular weight excluding hydrogens is 357 g/mol. The largest absolute Gasteiger partial charge is 0.423 e. The molecule has 1 heterocycles. The molecule has 5 nitrogen and oxygen atoms in total. The quantitative estimate of drug-likeness (QED) is 0.460. The molecule has 0 saturated carbocycles. The van der Waals surface area contributed by atoms with Crippen molar-refractivity contribution in [1.82, 2.24) is 9.97 Å². The number of aromatic nitrogens is 2. The third kappa shape index (κ3) is 4.57. The minimum absolute atomic E-state index is 0.0385. The predicted octanol–water partition coefficient (Wildman–Crippen LogP) is 4.72. The van der Waals surface area contributed by atoms with Crippen LogP contribution in [0.5, 0.6) is 5.75 Å². The van der Waals surface area contributed by atoms with Gasteiger partial charge in [0.25, 0.3) is 0 Å². The molecule has 0 amide bonds. The minimum atomic E-state index is -0.734. The van der Waals surface area contributed by atoms with Gasteiger partial charge in [0, 0.05) is 24.0 Å². The van der Waals surface area contributed by atoms with Crippen LogP contribution >= 0.6 is 0 Å². The molecule has 1 aromatic heterocycles. The molecule has 6 heteroatoms. The van der Waals surface area contributed by atoms with E-state index in [0.717, 1.165) is 36.5 Å². The van der Waals surface area contributed by atoms with Gasteiger partial charge in [0.2, 0.25) is 0 Å². The van der Waals surface area contributed by atoms with Crippen LogP contribution in [-0.2, 0) is 6.42 Å². The number of halogens is 1. The average molecular weight is 375 g/mol. The van der Waals surface area contributed by atoms with Crippen LogP contribution in [0.2, 0.25) is 0 Å². The lowest BCUT2D eigenvalue weighted by Gasteiger charge is -2.06. The first-order chi connectivity index (χ1) is 13.6. The van der Waals surface area contributed by atoms with Gasteiger partial charge < -0.3 is 4.74 Å². The molecule has 28 heavy (non-hydrogen) atoms. The SMILES string of the molecule is CCCCc1cnc(-c2ccc(C(=O)Oc3ccc(C#N)c(F)c3)cc2)nc1. The summed E-state index contributed by atoms with van der Waals surface area (Å²) in [5.41, 5.74) is 2.08. The summed E-state index contributed by atoms with van der Waals surface area (Å²) in [4.78, 5) is 21.0. The van der Waals surface area contributed by atoms with Crippen molar-refractivity contribution in [3.63, 3.8) is 0 Å². The summed E-state index contributed by atoms with van der Waals surface area (Å²) in [6, 6.07) is 12.0. The molecule has 140 valence electrons. The van der Waals surface area contributed by atoms with Crippen molar-refractivity contribution in [2.45, 2.75) is 26.2 Å². The highest BCUT2D eigenvalue weighted by Crippen LogP contribution is 2.19. The van der Waals surface area contributed by atoms with E-state index in [-0.39, 0.29) is 11.3 Å². The molecule has 0 atom stereocenters. The summed E-state index contributed by atoms with van der Waals surface area (Å²) in [7, 11) is 0. The molecule has 0 aliphatic heterocycles. The smallest absolute Gasteiger partial charge is 0.343 e. The maximum atomic E-state index is 13.6. The van der Waals surface area contributed by atoms with E-state index in [4.69, 9.17) is 10.00 Å². The molecule has 0 aliphatic carbocycles. The number of esters is 1. The van der Waals surface area contributed by atoms with Crippen molar-refractivity contribution in [3.8, 4) is 23.2 Å². The Morgan fingerprint density at radius 3 is 2.46 bits per heavy atom. The zero-order valence-corrected chi connectivity index (χ0v) is 15.4. The molecule has 3 rings (SSSR count). The van der Waals surface area contributed by atoms with E-state index in [2.05, 4.69) is 16.9 Å². The van der Waals surface area contributed by atoms with Crippen molar-refractivity contribution in [2.75, 3.05) is 0 Å². The van der Waals surface area contributed by atoms with Gasteiger partial charge in [-0.3, -0.25) is 0 Å². The number of rotatable bonds is 6. The maximum Gasteiger partial charge on any atom is 0.343 e. The highest BCUT2D eigenvalue weighted by atomic mass is 19.1. The van der Waals surface area contributed by atoms with Crippen LogP contribution in [0.1, 0.15) is 41.3 Å². The Balaban J connectivity index is 1.69. The summed E-state index contributed by atoms with van der Waals surface area (Å²) in [5, 5.41) is 8.73. The third-order valence-electron chi connectivity index (χ3n) is 4.17. The zero-order valence-electron chi connectivity index (χ0n) is 15.4. The molecule has 0 unspecified atom stereocenters. The fourth-order valence-electron chi connectivity index (χ4n) is 2.59. The standard InChI is InChI=1S/C22H18FN3O2/c1-2-3-4-15-13-25-21(26-14-15)16-5-7-17(8-6-16)22(27)28-19-10-9-18(12-24)20(23)11-19/h5-11,13-14H,2-4H2,1H3. The first-order valence-electron chi connectivity index (χ1n) is 8.94. The first-order valence-corrected chi connectivity index (χ1v) is 8.94. The molecule has 0 fully saturated rings. The second-order valence-electron chi connectivity index (χ2n) is 6.24. The van der Waals surface area contributed by atoms with Gasteiger partial charge in [0.1, 0.15) is 17.6 Å². The average Bonchev–Trinajstić information content (AvgIpc) is 2.73. The fourth-order valence-corrected chi connectivity index (χ4v) is 2.59. The lowest BCUT2D eigenvalue weighted by molar-refractivity contribution is 0.0734. The van der Waals surface area contributed by atoms with E-state index >= 15 is 0 Å². The van der Waals surface area contributed by atoms with Gasteiger partial charge in [-0.15, -0.1) is 0 Å². The van der Waals surface area contributed by atoms with Crippen LogP contribution in [0.4, 0.5) is 4.39 Å². The number of nitriles is 1. The van der Waals surface area contributed by atoms with Gasteiger partial charge >= 0.3 is 5.97 Å². The Bertz CT molecular complexity index is 1010. The maximum absolute atomic E-state index is 13.6. The number of carbonyl (C=O) groups is 1. The van der Waals surface area contributed by atoms with Gasteiger partial charge in [0.15, 0.2) is 5.82 Å². The molecule has 0 aliphatic rings. The number of unbranched alkanes of at least 4 members (excludes halogenated alkanes) is 1. The monoisotopic (exact) mass is 375 g/mol. The second kappa shape index (κ2) is 8.87. The van der Waals surface area contributed by atoms with Crippen molar-refractivity contribution in [3.05, 3.63) is 77.4 Å². The number of aryl methyl sites for hydroxylation is 1. The van der Waals surface area contributed by atoms with Crippen LogP contribution in [0.15, 0.2) is 54.9 Å². The summed E-state index contributed by atoms with van der Waals surface area (Å²) < 4.78 is 18.8. The highest BCUT2D eigenvalue weighted by Gasteiger charge is 2.11. The van der Waals surface area contributed by atoms with Crippen LogP contribution in [0.3, 0.4) is 0 Å². The van der Waals surface area contributed by atoms with Crippen LogP contribution < -0.4 is 4.74 Å². The van der Waals surface area contributed by atoms with Crippen molar-refractivity contribution >= 4 is 5.97 Å². The summed E-state index contributed by atoms with van der Waals surface area (Å²) >= 11 is 0. The van der Waals surface area contributed by atoms with Crippen LogP contribution in [-0.4, -0.2) is 15.9 Å². The summed E-state index contributed by atoms with van der Waals surface area (Å²) in [6.07, 6.45) is 6.81. The molecule has 0 bridgehead atoms. The normalized spacial score (nSPS) is 10.3. The van der Waals surface area contributed by atoms with E-state index in [1.165, 1.54) is 12.1 Å². The second-order valence-corrected chi connectivity index (χ2v) is 6.24. The molecule has 2 aromatic carbocycles. The van der Waals surface area contributed by atoms with E-state index < -0.39 is 11.8 Å². The van der Waals surface area contributed by atoms with E-state index in [1.807, 2.05) is 12.4 Å². The lowest BCUT2D eigenvalue weighted by Crippen LogP contribution is -2.08. The Hall–Kier alpha value is -3.59. The summed E-state index contributed by atoms with van der Waals surface area (Å²) in [6.45, 7) is 2.14. The summed E-state index contributed by atoms with van der Waals surface area (Å²) in [5.74, 6) is -0.736. The van der Waals surface area contributed by atoms with Crippen molar-refractivity contribution < 1.29 is 13.9 Å². The van der Waals surface area contributed by atoms with E-state index in [0.29, 0.717) is 11.4 Å². The molecule has 3 aromatic rings. The Morgan fingerprint density at radius 2 is 1.86 bits per heavy atom. The highest BCUT2D eigenvalue weighted by molar-refractivity contribution is 5.91. The third-order valence-corrected chi connectivity index (χ3v) is 4.17. The van der Waals surface area contributed by atoms with Crippen LogP contribution in [0.25, 0.3) is 11.4 Å². The van der Waals surface area contributed by atoms with Gasteiger partial charge in [-0.2, -0.15) is 5.26 Å². The number of hydrogen-bond donors (Lipinski definition) is 0. The fraction of sp³-hybridized carbons (Fsp3) is 0.182. The zero-order chi connectivity index (χ0) is 19.9. The van der Waals surface area contributed by atoms with Gasteiger partial charge in [0.05, 0.1) is 11.1 Å². The number of carbonyl (C=O) groups excluding carboxylic acids is 1. The lowest BCUT2D eigenvalue weighted by atomic mass is 10.1. The molecule has 0 radical (unpaired) electrons. The van der Waals surface area contributed by atoms with Crippen LogP contribution in [0, 0.1) is 17.1 Å². The van der Waals surface area contributed by atoms with Crippen molar-refractivity contribution in [1.29, 1.82) is 5.26 Å². The van der Waals surface area contributed by atoms with Crippen molar-refractivity contribution in [2.24, 2.45) is 0 Å². The minimum Gasteiger partial charge on any atom is -0.423 e. The number of benzene rings is 2. The Kier molecular flexibility index (Phi) is 6.07. The van der Waals surface area contributed by atoms with E-state index in [1.54, 1.807) is 30.3 Å². The molecule has 0 saturated heterocycles. The molecule has 0 N–H and O–H groups in total. The van der Waals surface area contributed by atoms with E-state index in [9.17, 15) is 9.18 Å². The Morgan fingerprint density at radius 1 is 1.14 bits per heavy atom. The number of nitrogens with zero attached hydrogens (tertiary/aromatic N) is 3.